The second-order valence-electron chi connectivity index (χ2n) is 6.48. The Balaban J connectivity index is 2.17. The van der Waals surface area contributed by atoms with Crippen LogP contribution in [0.5, 0.6) is 0 Å². The number of carbonyl (C=O) groups is 3. The zero-order chi connectivity index (χ0) is 19.0. The molecule has 1 saturated heterocycles. The van der Waals surface area contributed by atoms with Crippen molar-refractivity contribution in [2.24, 2.45) is 5.41 Å². The van der Waals surface area contributed by atoms with Crippen molar-refractivity contribution < 1.29 is 23.9 Å². The average Bonchev–Trinajstić information content (AvgIpc) is 2.63. The summed E-state index contributed by atoms with van der Waals surface area (Å²) in [4.78, 5) is 39.3. The molecule has 1 aromatic carbocycles. The zero-order valence-corrected chi connectivity index (χ0v) is 15.5. The van der Waals surface area contributed by atoms with Crippen LogP contribution >= 0.6 is 0 Å². The highest BCUT2D eigenvalue weighted by molar-refractivity contribution is 6.05. The fourth-order valence-electron chi connectivity index (χ4n) is 3.34. The Morgan fingerprint density at radius 1 is 1.12 bits per heavy atom. The molecule has 2 rings (SSSR count). The van der Waals surface area contributed by atoms with Gasteiger partial charge in [-0.1, -0.05) is 30.3 Å². The molecule has 0 aliphatic carbocycles. The van der Waals surface area contributed by atoms with E-state index in [1.165, 1.54) is 0 Å². The molecule has 6 heteroatoms. The van der Waals surface area contributed by atoms with Crippen LogP contribution in [0.25, 0.3) is 0 Å². The van der Waals surface area contributed by atoms with Crippen LogP contribution in [0.3, 0.4) is 0 Å². The Bertz CT molecular complexity index is 630. The summed E-state index contributed by atoms with van der Waals surface area (Å²) in [7, 11) is 0. The first-order valence-corrected chi connectivity index (χ1v) is 9.14. The van der Waals surface area contributed by atoms with Crippen molar-refractivity contribution in [3.63, 3.8) is 0 Å². The van der Waals surface area contributed by atoms with Gasteiger partial charge in [0.1, 0.15) is 5.41 Å². The third kappa shape index (κ3) is 4.91. The van der Waals surface area contributed by atoms with Gasteiger partial charge in [-0.05, 0) is 25.8 Å². The maximum Gasteiger partial charge on any atom is 0.320 e. The van der Waals surface area contributed by atoms with Gasteiger partial charge in [0.05, 0.1) is 13.2 Å². The lowest BCUT2D eigenvalue weighted by molar-refractivity contribution is -0.165. The molecular weight excluding hydrogens is 334 g/mol. The molecule has 6 nitrogen and oxygen atoms in total. The van der Waals surface area contributed by atoms with Crippen molar-refractivity contribution >= 4 is 17.7 Å². The van der Waals surface area contributed by atoms with E-state index in [0.29, 0.717) is 13.1 Å². The van der Waals surface area contributed by atoms with E-state index in [9.17, 15) is 14.4 Å². The summed E-state index contributed by atoms with van der Waals surface area (Å²) in [5.74, 6) is -1.08. The van der Waals surface area contributed by atoms with Crippen LogP contribution in [0, 0.1) is 5.41 Å². The third-order valence-electron chi connectivity index (χ3n) is 4.66. The van der Waals surface area contributed by atoms with Crippen molar-refractivity contribution in [3.05, 3.63) is 35.9 Å². The minimum Gasteiger partial charge on any atom is -0.466 e. The fourth-order valence-corrected chi connectivity index (χ4v) is 3.34. The maximum absolute atomic E-state index is 12.7. The first-order chi connectivity index (χ1) is 12.5. The summed E-state index contributed by atoms with van der Waals surface area (Å²) in [5.41, 5.74) is -0.180. The van der Waals surface area contributed by atoms with Crippen LogP contribution in [0.4, 0.5) is 0 Å². The molecule has 1 fully saturated rings. The van der Waals surface area contributed by atoms with Gasteiger partial charge in [-0.15, -0.1) is 0 Å². The normalized spacial score (nSPS) is 20.6. The zero-order valence-electron chi connectivity index (χ0n) is 15.5. The summed E-state index contributed by atoms with van der Waals surface area (Å²) in [6.45, 7) is 5.42. The van der Waals surface area contributed by atoms with Crippen molar-refractivity contribution in [2.75, 3.05) is 26.3 Å². The van der Waals surface area contributed by atoms with E-state index < -0.39 is 17.4 Å². The van der Waals surface area contributed by atoms with Gasteiger partial charge in [-0.3, -0.25) is 19.3 Å². The maximum atomic E-state index is 12.7. The second kappa shape index (κ2) is 9.48. The fraction of sp³-hybridized carbons (Fsp3) is 0.550. The van der Waals surface area contributed by atoms with Gasteiger partial charge in [0, 0.05) is 32.5 Å². The Labute approximate surface area is 154 Å². The van der Waals surface area contributed by atoms with Crippen molar-refractivity contribution in [3.8, 4) is 0 Å². The number of piperidine rings is 1. The topological polar surface area (TPSA) is 72.9 Å². The molecule has 1 heterocycles. The number of hydrogen-bond acceptors (Lipinski definition) is 6. The number of Topliss-reactive ketones (excluding diaryl/α,β-unsaturated/α-hetero) is 1. The molecule has 0 N–H and O–H groups in total. The smallest absolute Gasteiger partial charge is 0.320 e. The number of esters is 2. The van der Waals surface area contributed by atoms with Crippen LogP contribution in [0.15, 0.2) is 30.3 Å². The lowest BCUT2D eigenvalue weighted by Crippen LogP contribution is -2.54. The number of likely N-dealkylation sites (tertiary alicyclic amines) is 1. The lowest BCUT2D eigenvalue weighted by Gasteiger charge is -2.39. The van der Waals surface area contributed by atoms with E-state index in [-0.39, 0.29) is 44.8 Å². The summed E-state index contributed by atoms with van der Waals surface area (Å²) in [6.07, 6.45) is 0.417. The quantitative estimate of drug-likeness (QED) is 0.523. The SMILES string of the molecule is CCOC(=O)CCC1(C(=O)OCC)CN(Cc2ccccc2)CCC1=O. The van der Waals surface area contributed by atoms with E-state index >= 15 is 0 Å². The minimum atomic E-state index is -1.30. The van der Waals surface area contributed by atoms with Crippen LogP contribution in [0.1, 0.15) is 38.7 Å². The van der Waals surface area contributed by atoms with E-state index in [2.05, 4.69) is 4.90 Å². The van der Waals surface area contributed by atoms with Crippen molar-refractivity contribution in [1.82, 2.24) is 4.90 Å². The number of ketones is 1. The van der Waals surface area contributed by atoms with Gasteiger partial charge < -0.3 is 9.47 Å². The number of nitrogens with zero attached hydrogens (tertiary/aromatic N) is 1. The molecule has 0 amide bonds. The Hall–Kier alpha value is -2.21. The molecule has 0 aromatic heterocycles. The van der Waals surface area contributed by atoms with Gasteiger partial charge in [0.25, 0.3) is 0 Å². The number of hydrogen-bond donors (Lipinski definition) is 0. The van der Waals surface area contributed by atoms with E-state index in [4.69, 9.17) is 9.47 Å². The monoisotopic (exact) mass is 361 g/mol. The average molecular weight is 361 g/mol. The molecule has 0 bridgehead atoms. The second-order valence-corrected chi connectivity index (χ2v) is 6.48. The molecule has 142 valence electrons. The van der Waals surface area contributed by atoms with Crippen LogP contribution < -0.4 is 0 Å². The summed E-state index contributed by atoms with van der Waals surface area (Å²) < 4.78 is 10.2. The summed E-state index contributed by atoms with van der Waals surface area (Å²) in [5, 5.41) is 0. The molecule has 1 aliphatic rings. The van der Waals surface area contributed by atoms with Crippen molar-refractivity contribution in [1.29, 1.82) is 0 Å². The van der Waals surface area contributed by atoms with E-state index in [0.717, 1.165) is 5.56 Å². The highest BCUT2D eigenvalue weighted by atomic mass is 16.5. The molecule has 1 unspecified atom stereocenters. The first-order valence-electron chi connectivity index (χ1n) is 9.14. The largest absolute Gasteiger partial charge is 0.466 e. The van der Waals surface area contributed by atoms with Gasteiger partial charge in [-0.25, -0.2) is 0 Å². The van der Waals surface area contributed by atoms with Gasteiger partial charge >= 0.3 is 11.9 Å². The highest BCUT2D eigenvalue weighted by Crippen LogP contribution is 2.34. The summed E-state index contributed by atoms with van der Waals surface area (Å²) in [6, 6.07) is 9.90. The Morgan fingerprint density at radius 2 is 1.81 bits per heavy atom. The van der Waals surface area contributed by atoms with E-state index in [1.807, 2.05) is 30.3 Å². The van der Waals surface area contributed by atoms with Gasteiger partial charge in [0.2, 0.25) is 0 Å². The van der Waals surface area contributed by atoms with Crippen LogP contribution in [-0.4, -0.2) is 48.9 Å². The van der Waals surface area contributed by atoms with E-state index in [1.54, 1.807) is 13.8 Å². The molecule has 0 spiro atoms. The van der Waals surface area contributed by atoms with Gasteiger partial charge in [0.15, 0.2) is 5.78 Å². The Morgan fingerprint density at radius 3 is 2.46 bits per heavy atom. The molecular formula is C20H27NO5. The number of ether oxygens (including phenoxy) is 2. The first kappa shape index (κ1) is 20.1. The van der Waals surface area contributed by atoms with Crippen molar-refractivity contribution in [2.45, 2.75) is 39.7 Å². The highest BCUT2D eigenvalue weighted by Gasteiger charge is 2.50. The molecule has 1 atom stereocenters. The summed E-state index contributed by atoms with van der Waals surface area (Å²) >= 11 is 0. The molecule has 0 saturated carbocycles. The van der Waals surface area contributed by atoms with Crippen LogP contribution in [-0.2, 0) is 30.4 Å². The van der Waals surface area contributed by atoms with Crippen LogP contribution in [0.2, 0.25) is 0 Å². The molecule has 26 heavy (non-hydrogen) atoms. The molecule has 1 aromatic rings. The number of benzene rings is 1. The minimum absolute atomic E-state index is 0.0254. The standard InChI is InChI=1S/C20H27NO5/c1-3-25-18(23)10-12-20(19(24)26-4-2)15-21(13-11-17(20)22)14-16-8-6-5-7-9-16/h5-9H,3-4,10-15H2,1-2H3. The third-order valence-corrected chi connectivity index (χ3v) is 4.66. The lowest BCUT2D eigenvalue weighted by atomic mass is 9.75. The Kier molecular flexibility index (Phi) is 7.33. The molecule has 1 aliphatic heterocycles. The molecule has 0 radical (unpaired) electrons. The predicted molar refractivity (Wildman–Crippen MR) is 96.3 cm³/mol. The number of rotatable bonds is 8. The van der Waals surface area contributed by atoms with Gasteiger partial charge in [-0.2, -0.15) is 0 Å². The number of carbonyl (C=O) groups excluding carboxylic acids is 3. The predicted octanol–water partition coefficient (Wildman–Crippen LogP) is 2.35.